The maximum Gasteiger partial charge on any atom is 0.191 e. The Morgan fingerprint density at radius 2 is 1.89 bits per heavy atom. The van der Waals surface area contributed by atoms with Gasteiger partial charge in [0.2, 0.25) is 0 Å². The molecule has 0 saturated carbocycles. The second-order valence-corrected chi connectivity index (χ2v) is 5.15. The van der Waals surface area contributed by atoms with E-state index in [0.29, 0.717) is 6.54 Å². The Kier molecular flexibility index (Phi) is 7.59. The van der Waals surface area contributed by atoms with Crippen LogP contribution in [0.5, 0.6) is 0 Å². The van der Waals surface area contributed by atoms with Gasteiger partial charge in [-0.25, -0.2) is 9.97 Å². The highest BCUT2D eigenvalue weighted by molar-refractivity contribution is 7.98. The van der Waals surface area contributed by atoms with E-state index in [4.69, 9.17) is 0 Å². The Labute approximate surface area is 119 Å². The number of thioether (sulfide) groups is 1. The third kappa shape index (κ3) is 6.11. The summed E-state index contributed by atoms with van der Waals surface area (Å²) in [5, 5.41) is 16.9. The van der Waals surface area contributed by atoms with Gasteiger partial charge in [0, 0.05) is 19.2 Å². The standard InChI is InChI=1S/C13H24N4OS/c1-4-6-10(18)9-15-12-8-11(14-7-5-2)16-13(17-12)19-3/h8,10,18H,4-7,9H2,1-3H3,(H2,14,15,16,17). The van der Waals surface area contributed by atoms with Crippen LogP contribution in [0.4, 0.5) is 11.6 Å². The zero-order valence-electron chi connectivity index (χ0n) is 11.9. The van der Waals surface area contributed by atoms with Crippen molar-refractivity contribution in [1.82, 2.24) is 9.97 Å². The molecule has 5 nitrogen and oxygen atoms in total. The summed E-state index contributed by atoms with van der Waals surface area (Å²) in [7, 11) is 0. The number of nitrogens with zero attached hydrogens (tertiary/aromatic N) is 2. The van der Waals surface area contributed by atoms with Crippen molar-refractivity contribution in [3.05, 3.63) is 6.07 Å². The fourth-order valence-electron chi connectivity index (χ4n) is 1.61. The third-order valence-electron chi connectivity index (χ3n) is 2.59. The minimum absolute atomic E-state index is 0.329. The molecule has 1 aromatic heterocycles. The van der Waals surface area contributed by atoms with Gasteiger partial charge in [-0.05, 0) is 19.1 Å². The number of hydrogen-bond acceptors (Lipinski definition) is 6. The third-order valence-corrected chi connectivity index (χ3v) is 3.13. The molecule has 0 saturated heterocycles. The number of nitrogens with one attached hydrogen (secondary N) is 2. The van der Waals surface area contributed by atoms with Crippen molar-refractivity contribution in [3.8, 4) is 0 Å². The quantitative estimate of drug-likeness (QED) is 0.478. The van der Waals surface area contributed by atoms with E-state index in [9.17, 15) is 5.11 Å². The molecule has 6 heteroatoms. The smallest absolute Gasteiger partial charge is 0.191 e. The first-order valence-corrected chi connectivity index (χ1v) is 8.00. The second-order valence-electron chi connectivity index (χ2n) is 4.38. The van der Waals surface area contributed by atoms with Crippen molar-refractivity contribution in [3.63, 3.8) is 0 Å². The van der Waals surface area contributed by atoms with E-state index in [1.165, 1.54) is 11.8 Å². The van der Waals surface area contributed by atoms with Crippen LogP contribution in [-0.2, 0) is 0 Å². The molecule has 0 aliphatic rings. The maximum atomic E-state index is 9.72. The molecule has 19 heavy (non-hydrogen) atoms. The molecule has 1 unspecified atom stereocenters. The molecule has 1 aromatic rings. The van der Waals surface area contributed by atoms with Crippen molar-refractivity contribution in [2.24, 2.45) is 0 Å². The monoisotopic (exact) mass is 284 g/mol. The maximum absolute atomic E-state index is 9.72. The van der Waals surface area contributed by atoms with Gasteiger partial charge in [0.15, 0.2) is 5.16 Å². The Morgan fingerprint density at radius 3 is 2.47 bits per heavy atom. The highest BCUT2D eigenvalue weighted by atomic mass is 32.2. The van der Waals surface area contributed by atoms with Crippen molar-refractivity contribution in [1.29, 1.82) is 0 Å². The van der Waals surface area contributed by atoms with Gasteiger partial charge in [0.25, 0.3) is 0 Å². The average molecular weight is 284 g/mol. The van der Waals surface area contributed by atoms with E-state index in [0.717, 1.165) is 42.6 Å². The Morgan fingerprint density at radius 1 is 1.21 bits per heavy atom. The van der Waals surface area contributed by atoms with E-state index in [1.54, 1.807) is 0 Å². The van der Waals surface area contributed by atoms with Gasteiger partial charge in [-0.2, -0.15) is 0 Å². The van der Waals surface area contributed by atoms with Gasteiger partial charge < -0.3 is 15.7 Å². The van der Waals surface area contributed by atoms with Crippen molar-refractivity contribution in [2.75, 3.05) is 30.0 Å². The highest BCUT2D eigenvalue weighted by Crippen LogP contribution is 2.17. The number of hydrogen-bond donors (Lipinski definition) is 3. The molecule has 108 valence electrons. The topological polar surface area (TPSA) is 70.1 Å². The van der Waals surface area contributed by atoms with Gasteiger partial charge in [-0.15, -0.1) is 0 Å². The van der Waals surface area contributed by atoms with Crippen LogP contribution in [0.25, 0.3) is 0 Å². The van der Waals surface area contributed by atoms with Gasteiger partial charge >= 0.3 is 0 Å². The van der Waals surface area contributed by atoms with E-state index in [2.05, 4.69) is 34.4 Å². The minimum Gasteiger partial charge on any atom is -0.391 e. The summed E-state index contributed by atoms with van der Waals surface area (Å²) in [4.78, 5) is 8.77. The predicted molar refractivity (Wildman–Crippen MR) is 82.0 cm³/mol. The molecule has 0 radical (unpaired) electrons. The van der Waals surface area contributed by atoms with Crippen LogP contribution in [0, 0.1) is 0 Å². The molecule has 3 N–H and O–H groups in total. The minimum atomic E-state index is -0.329. The zero-order valence-corrected chi connectivity index (χ0v) is 12.8. The summed E-state index contributed by atoms with van der Waals surface area (Å²) < 4.78 is 0. The first kappa shape index (κ1) is 16.0. The number of aliphatic hydroxyl groups is 1. The molecule has 0 amide bonds. The van der Waals surface area contributed by atoms with E-state index < -0.39 is 0 Å². The van der Waals surface area contributed by atoms with Crippen molar-refractivity contribution in [2.45, 2.75) is 44.4 Å². The largest absolute Gasteiger partial charge is 0.391 e. The van der Waals surface area contributed by atoms with Gasteiger partial charge in [-0.1, -0.05) is 32.0 Å². The van der Waals surface area contributed by atoms with E-state index >= 15 is 0 Å². The first-order valence-electron chi connectivity index (χ1n) is 6.78. The van der Waals surface area contributed by atoms with Crippen LogP contribution in [0.3, 0.4) is 0 Å². The van der Waals surface area contributed by atoms with Crippen LogP contribution < -0.4 is 10.6 Å². The normalized spacial score (nSPS) is 12.2. The molecule has 0 aliphatic heterocycles. The Balaban J connectivity index is 2.65. The average Bonchev–Trinajstić information content (AvgIpc) is 2.43. The zero-order chi connectivity index (χ0) is 14.1. The van der Waals surface area contributed by atoms with Gasteiger partial charge in [0.05, 0.1) is 6.10 Å². The lowest BCUT2D eigenvalue weighted by Crippen LogP contribution is -2.20. The number of aromatic nitrogens is 2. The second kappa shape index (κ2) is 8.98. The van der Waals surface area contributed by atoms with Gasteiger partial charge in [0.1, 0.15) is 11.6 Å². The molecule has 0 fully saturated rings. The van der Waals surface area contributed by atoms with Crippen LogP contribution in [-0.4, -0.2) is 40.5 Å². The molecule has 1 rings (SSSR count). The summed E-state index contributed by atoms with van der Waals surface area (Å²) in [5.74, 6) is 1.58. The summed E-state index contributed by atoms with van der Waals surface area (Å²) >= 11 is 1.51. The summed E-state index contributed by atoms with van der Waals surface area (Å²) in [6.07, 6.45) is 4.45. The molecular weight excluding hydrogens is 260 g/mol. The lowest BCUT2D eigenvalue weighted by molar-refractivity contribution is 0.176. The molecule has 0 aliphatic carbocycles. The fourth-order valence-corrected chi connectivity index (χ4v) is 1.99. The molecule has 0 bridgehead atoms. The highest BCUT2D eigenvalue weighted by Gasteiger charge is 2.06. The SMILES string of the molecule is CCCNc1cc(NCC(O)CCC)nc(SC)n1. The number of aliphatic hydroxyl groups excluding tert-OH is 1. The fraction of sp³-hybridized carbons (Fsp3) is 0.692. The van der Waals surface area contributed by atoms with Crippen LogP contribution in [0.15, 0.2) is 11.2 Å². The Bertz CT molecular complexity index is 376. The lowest BCUT2D eigenvalue weighted by Gasteiger charge is -2.13. The summed E-state index contributed by atoms with van der Waals surface area (Å²) in [5.41, 5.74) is 0. The summed E-state index contributed by atoms with van der Waals surface area (Å²) in [6.45, 7) is 5.59. The molecule has 0 spiro atoms. The van der Waals surface area contributed by atoms with E-state index in [-0.39, 0.29) is 6.10 Å². The Hall–Kier alpha value is -1.01. The van der Waals surface area contributed by atoms with Crippen LogP contribution in [0.1, 0.15) is 33.1 Å². The lowest BCUT2D eigenvalue weighted by atomic mass is 10.2. The number of anilines is 2. The predicted octanol–water partition coefficient (Wildman–Crippen LogP) is 2.59. The summed E-state index contributed by atoms with van der Waals surface area (Å²) in [6, 6.07) is 1.88. The molecule has 1 heterocycles. The number of rotatable bonds is 9. The molecule has 0 aromatic carbocycles. The van der Waals surface area contributed by atoms with Crippen LogP contribution >= 0.6 is 11.8 Å². The first-order chi connectivity index (χ1) is 9.19. The van der Waals surface area contributed by atoms with Crippen LogP contribution in [0.2, 0.25) is 0 Å². The molecule has 1 atom stereocenters. The molecular formula is C13H24N4OS. The van der Waals surface area contributed by atoms with E-state index in [1.807, 2.05) is 12.3 Å². The van der Waals surface area contributed by atoms with Crippen molar-refractivity contribution >= 4 is 23.4 Å². The van der Waals surface area contributed by atoms with Gasteiger partial charge in [-0.3, -0.25) is 0 Å². The van der Waals surface area contributed by atoms with Crippen molar-refractivity contribution < 1.29 is 5.11 Å².